The Hall–Kier alpha value is -6.58. The zero-order valence-corrected chi connectivity index (χ0v) is 34.8. The van der Waals surface area contributed by atoms with Crippen LogP contribution in [0.25, 0.3) is 22.3 Å². The number of nitrogens with one attached hydrogen (secondary N) is 2. The van der Waals surface area contributed by atoms with E-state index in [2.05, 4.69) is 40.6 Å². The lowest BCUT2D eigenvalue weighted by Crippen LogP contribution is -2.38. The Kier molecular flexibility index (Phi) is 11.3. The first kappa shape index (κ1) is 40.6. The van der Waals surface area contributed by atoms with Gasteiger partial charge in [0.15, 0.2) is 35.0 Å². The third-order valence-corrected chi connectivity index (χ3v) is 10.2. The van der Waals surface area contributed by atoms with E-state index in [0.29, 0.717) is 61.0 Å². The van der Waals surface area contributed by atoms with Crippen molar-refractivity contribution in [3.63, 3.8) is 0 Å². The Labute approximate surface area is 349 Å². The van der Waals surface area contributed by atoms with E-state index in [1.54, 1.807) is 56.8 Å². The number of imidazole rings is 2. The number of benzene rings is 3. The molecule has 2 N–H and O–H groups in total. The molecule has 15 nitrogen and oxygen atoms in total. The number of amidine groups is 1. The Bertz CT molecular complexity index is 2780. The van der Waals surface area contributed by atoms with E-state index >= 15 is 0 Å². The van der Waals surface area contributed by atoms with Gasteiger partial charge in [-0.3, -0.25) is 28.9 Å². The summed E-state index contributed by atoms with van der Waals surface area (Å²) in [7, 11) is 0. The number of hydrogen-bond acceptors (Lipinski definition) is 10. The summed E-state index contributed by atoms with van der Waals surface area (Å²) in [5, 5.41) is 5.16. The number of nitrogens with zero attached hydrogens (tertiary/aromatic N) is 10. The maximum Gasteiger partial charge on any atom is 0.276 e. The Morgan fingerprint density at radius 2 is 1.39 bits per heavy atom. The summed E-state index contributed by atoms with van der Waals surface area (Å²) in [6.07, 6.45) is 5.91. The third-order valence-electron chi connectivity index (χ3n) is 9.55. The zero-order chi connectivity index (χ0) is 42.2. The second-order valence-electron chi connectivity index (χ2n) is 15.0. The number of Topliss-reactive ketones (excluding diaryl/α,β-unsaturated/α-hetero) is 1. The number of rotatable bonds is 7. The number of para-hydroxylation sites is 1. The molecule has 2 atom stereocenters. The van der Waals surface area contributed by atoms with Crippen LogP contribution in [0.3, 0.4) is 0 Å². The highest BCUT2D eigenvalue weighted by Gasteiger charge is 2.41. The molecule has 0 spiro atoms. The van der Waals surface area contributed by atoms with Gasteiger partial charge in [0.1, 0.15) is 23.7 Å². The molecule has 2 unspecified atom stereocenters. The number of hydrogen-bond donors (Lipinski definition) is 2. The van der Waals surface area contributed by atoms with Crippen LogP contribution in [0, 0.1) is 33.1 Å². The summed E-state index contributed by atoms with van der Waals surface area (Å²) in [6, 6.07) is 18.3. The molecule has 1 aliphatic heterocycles. The lowest BCUT2D eigenvalue weighted by Gasteiger charge is -2.25. The van der Waals surface area contributed by atoms with Crippen molar-refractivity contribution in [2.75, 3.05) is 10.3 Å². The Morgan fingerprint density at radius 3 is 2.07 bits per heavy atom. The van der Waals surface area contributed by atoms with E-state index in [9.17, 15) is 14.4 Å². The first-order chi connectivity index (χ1) is 28.1. The van der Waals surface area contributed by atoms with Gasteiger partial charge in [0.2, 0.25) is 0 Å². The highest BCUT2D eigenvalue weighted by Crippen LogP contribution is 2.33. The van der Waals surface area contributed by atoms with Crippen molar-refractivity contribution < 1.29 is 14.4 Å². The monoisotopic (exact) mass is 830 g/mol. The van der Waals surface area contributed by atoms with E-state index in [1.165, 1.54) is 28.6 Å². The molecule has 1 aliphatic rings. The molecule has 300 valence electrons. The number of carbonyl (C=O) groups excluding carboxylic acids is 3. The van der Waals surface area contributed by atoms with Crippen LogP contribution in [0.1, 0.15) is 55.4 Å². The summed E-state index contributed by atoms with van der Waals surface area (Å²) in [5.74, 6) is -0.534. The lowest BCUT2D eigenvalue weighted by molar-refractivity contribution is -0.135. The topological polar surface area (TPSA) is 178 Å². The van der Waals surface area contributed by atoms with Crippen LogP contribution < -0.4 is 15.8 Å². The number of ketones is 1. The summed E-state index contributed by atoms with van der Waals surface area (Å²) >= 11 is 12.6. The number of carbonyl (C=O) groups is 3. The summed E-state index contributed by atoms with van der Waals surface area (Å²) in [5.41, 5.74) is 9.68. The van der Waals surface area contributed by atoms with Gasteiger partial charge >= 0.3 is 0 Å². The van der Waals surface area contributed by atoms with Crippen LogP contribution in [0.2, 0.25) is 10.0 Å². The predicted octanol–water partition coefficient (Wildman–Crippen LogP) is 7.81. The number of hydrazine groups is 1. The van der Waals surface area contributed by atoms with Gasteiger partial charge in [-0.1, -0.05) is 74.3 Å². The number of aryl methyl sites for hydroxylation is 4. The summed E-state index contributed by atoms with van der Waals surface area (Å²) in [4.78, 5) is 70.3. The van der Waals surface area contributed by atoms with E-state index in [1.807, 2.05) is 69.3 Å². The van der Waals surface area contributed by atoms with Gasteiger partial charge in [-0.05, 0) is 75.2 Å². The minimum atomic E-state index is -1.14. The van der Waals surface area contributed by atoms with Crippen molar-refractivity contribution in [1.82, 2.24) is 44.5 Å². The molecule has 59 heavy (non-hydrogen) atoms. The fourth-order valence-electron chi connectivity index (χ4n) is 6.45. The van der Waals surface area contributed by atoms with Crippen molar-refractivity contribution in [1.29, 1.82) is 0 Å². The molecule has 0 bridgehead atoms. The Morgan fingerprint density at radius 1 is 0.780 bits per heavy atom. The number of halogens is 2. The van der Waals surface area contributed by atoms with Crippen molar-refractivity contribution in [2.24, 2.45) is 10.4 Å². The van der Waals surface area contributed by atoms with Crippen LogP contribution in [0.4, 0.5) is 17.1 Å². The van der Waals surface area contributed by atoms with Crippen LogP contribution in [0.15, 0.2) is 97.0 Å². The average Bonchev–Trinajstić information content (AvgIpc) is 3.91. The maximum absolute atomic E-state index is 13.5. The molecular formula is C42H40Cl2N12O3. The smallest absolute Gasteiger partial charge is 0.276 e. The van der Waals surface area contributed by atoms with Gasteiger partial charge in [-0.15, -0.1) is 0 Å². The van der Waals surface area contributed by atoms with Crippen molar-refractivity contribution >= 4 is 86.0 Å². The molecule has 17 heteroatoms. The fraction of sp³-hybridized carbons (Fsp3) is 0.238. The van der Waals surface area contributed by atoms with Gasteiger partial charge < -0.3 is 5.32 Å². The highest BCUT2D eigenvalue weighted by molar-refractivity contribution is 6.34. The second-order valence-corrected chi connectivity index (χ2v) is 15.8. The molecule has 8 rings (SSSR count). The number of aliphatic imine (C=N–C) groups is 1. The molecule has 4 aromatic heterocycles. The largest absolute Gasteiger partial charge is 0.323 e. The summed E-state index contributed by atoms with van der Waals surface area (Å²) in [6.45, 7) is 12.8. The minimum Gasteiger partial charge on any atom is -0.323 e. The van der Waals surface area contributed by atoms with Gasteiger partial charge in [-0.2, -0.15) is 0 Å². The molecule has 5 heterocycles. The molecule has 0 aliphatic carbocycles. The number of amides is 2. The van der Waals surface area contributed by atoms with E-state index < -0.39 is 23.4 Å². The van der Waals surface area contributed by atoms with Crippen LogP contribution in [-0.4, -0.2) is 62.5 Å². The number of fused-ring (bicyclic) bond motifs is 2. The predicted molar refractivity (Wildman–Crippen MR) is 228 cm³/mol. The minimum absolute atomic E-state index is 0.204. The van der Waals surface area contributed by atoms with E-state index in [0.717, 1.165) is 16.8 Å². The van der Waals surface area contributed by atoms with Crippen molar-refractivity contribution in [2.45, 2.75) is 60.5 Å². The molecule has 1 saturated heterocycles. The van der Waals surface area contributed by atoms with Crippen molar-refractivity contribution in [3.05, 3.63) is 125 Å². The van der Waals surface area contributed by atoms with Gasteiger partial charge in [0.05, 0.1) is 51.1 Å². The molecule has 7 aromatic rings. The first-order valence-corrected chi connectivity index (χ1v) is 19.3. The van der Waals surface area contributed by atoms with Gasteiger partial charge in [0.25, 0.3) is 11.8 Å². The molecular weight excluding hydrogens is 791 g/mol. The lowest BCUT2D eigenvalue weighted by atomic mass is 9.86. The van der Waals surface area contributed by atoms with E-state index in [4.69, 9.17) is 28.2 Å². The van der Waals surface area contributed by atoms with Crippen LogP contribution in [-0.2, 0) is 14.4 Å². The number of anilines is 2. The molecule has 1 fully saturated rings. The maximum atomic E-state index is 13.5. The quantitative estimate of drug-likeness (QED) is 0.151. The van der Waals surface area contributed by atoms with Crippen LogP contribution >= 0.6 is 23.2 Å². The van der Waals surface area contributed by atoms with E-state index in [-0.39, 0.29) is 11.7 Å². The van der Waals surface area contributed by atoms with Crippen molar-refractivity contribution in [3.8, 4) is 0 Å². The van der Waals surface area contributed by atoms with Gasteiger partial charge in [-0.25, -0.2) is 39.9 Å². The molecule has 0 saturated carbocycles. The number of aromatic nitrogens is 8. The SMILES string of the molecule is Cc1ccc(Cl)c(N=C2NN(c3ccccc3)C(=O)C2n2cnc3c(C)ncnc32)c1.Cc1ccc(Cl)c(NC(=O)C(C(=O)C(C)(C)C)n2cnc3c(C)ncnc32)c1. The molecule has 3 aromatic carbocycles. The fourth-order valence-corrected chi connectivity index (χ4v) is 6.77. The molecule has 0 radical (unpaired) electrons. The highest BCUT2D eigenvalue weighted by atomic mass is 35.5. The summed E-state index contributed by atoms with van der Waals surface area (Å²) < 4.78 is 3.21. The second kappa shape index (κ2) is 16.3. The normalized spacial score (nSPS) is 15.3. The van der Waals surface area contributed by atoms with Gasteiger partial charge in [0, 0.05) is 5.41 Å². The first-order valence-electron chi connectivity index (χ1n) is 18.5. The third kappa shape index (κ3) is 8.24. The standard InChI is InChI=1S/C22H18ClN7O.C20H22ClN5O2/c1-13-8-9-16(23)17(10-13)27-20-19(22(31)30(28-20)15-6-4-3-5-7-15)29-12-26-18-14(2)24-11-25-21(18)29;1-11-6-7-13(21)14(8-11)25-19(28)16(17(27)20(3,4)5)26-10-24-15-12(2)22-9-23-18(15)26/h3-12,19H,1-2H3,(H,27,28);6-10,16H,1-5H3,(H,25,28). The van der Waals surface area contributed by atoms with Crippen LogP contribution in [0.5, 0.6) is 0 Å². The average molecular weight is 832 g/mol. The molecule has 2 amide bonds. The zero-order valence-electron chi connectivity index (χ0n) is 33.3. The Balaban J connectivity index is 0.000000180.